The van der Waals surface area contributed by atoms with E-state index in [1.807, 2.05) is 19.1 Å². The summed E-state index contributed by atoms with van der Waals surface area (Å²) in [7, 11) is -3.31. The van der Waals surface area contributed by atoms with E-state index in [1.165, 1.54) is 0 Å². The summed E-state index contributed by atoms with van der Waals surface area (Å²) in [6.45, 7) is 2.20. The predicted octanol–water partition coefficient (Wildman–Crippen LogP) is 3.13. The second-order valence-electron chi connectivity index (χ2n) is 6.57. The van der Waals surface area contributed by atoms with E-state index in [9.17, 15) is 18.0 Å². The summed E-state index contributed by atoms with van der Waals surface area (Å²) in [4.78, 5) is 23.1. The van der Waals surface area contributed by atoms with Gasteiger partial charge < -0.3 is 4.74 Å². The third-order valence-corrected chi connectivity index (χ3v) is 7.12. The van der Waals surface area contributed by atoms with E-state index in [0.29, 0.717) is 30.1 Å². The zero-order valence-corrected chi connectivity index (χ0v) is 17.0. The number of carbonyl (C=O) groups excluding carboxylic acids is 2. The molecular weight excluding hydrogens is 398 g/mol. The van der Waals surface area contributed by atoms with Crippen LogP contribution in [0.3, 0.4) is 0 Å². The standard InChI is InChI=1S/C20H21NO5S2/c1-14-3-9-17(10-4-14)28(24,25)12-2-11-26-16-7-5-15(6-8-16)13-18-19(22)21-20(23)27-18/h3-10,18H,2,11-13H2,1H3,(H,21,22,23). The lowest BCUT2D eigenvalue weighted by Crippen LogP contribution is -2.25. The number of thioether (sulfide) groups is 1. The molecule has 2 amide bonds. The Balaban J connectivity index is 1.45. The lowest BCUT2D eigenvalue weighted by Gasteiger charge is -2.09. The van der Waals surface area contributed by atoms with Crippen molar-refractivity contribution >= 4 is 32.7 Å². The molecule has 1 aliphatic rings. The van der Waals surface area contributed by atoms with Crippen LogP contribution in [0.25, 0.3) is 0 Å². The van der Waals surface area contributed by atoms with E-state index in [1.54, 1.807) is 36.4 Å². The Labute approximate surface area is 168 Å². The van der Waals surface area contributed by atoms with Gasteiger partial charge in [-0.15, -0.1) is 0 Å². The number of hydrogen-bond donors (Lipinski definition) is 1. The van der Waals surface area contributed by atoms with Crippen molar-refractivity contribution in [2.45, 2.75) is 29.9 Å². The van der Waals surface area contributed by atoms with Crippen molar-refractivity contribution in [3.05, 3.63) is 59.7 Å². The SMILES string of the molecule is Cc1ccc(S(=O)(=O)CCCOc2ccc(CC3SC(=O)NC3=O)cc2)cc1. The van der Waals surface area contributed by atoms with E-state index in [0.717, 1.165) is 22.9 Å². The lowest BCUT2D eigenvalue weighted by molar-refractivity contribution is -0.118. The van der Waals surface area contributed by atoms with E-state index in [4.69, 9.17) is 4.74 Å². The maximum Gasteiger partial charge on any atom is 0.286 e. The van der Waals surface area contributed by atoms with Gasteiger partial charge >= 0.3 is 0 Å². The number of ether oxygens (including phenoxy) is 1. The summed E-state index contributed by atoms with van der Waals surface area (Å²) in [5, 5.41) is 1.56. The molecule has 28 heavy (non-hydrogen) atoms. The summed E-state index contributed by atoms with van der Waals surface area (Å²) < 4.78 is 30.2. The lowest BCUT2D eigenvalue weighted by atomic mass is 10.1. The molecule has 0 radical (unpaired) electrons. The molecule has 0 bridgehead atoms. The van der Waals surface area contributed by atoms with Gasteiger partial charge in [0, 0.05) is 0 Å². The molecule has 2 aromatic carbocycles. The minimum Gasteiger partial charge on any atom is -0.494 e. The van der Waals surface area contributed by atoms with E-state index < -0.39 is 15.1 Å². The van der Waals surface area contributed by atoms with Gasteiger partial charge in [-0.2, -0.15) is 0 Å². The Hall–Kier alpha value is -2.32. The highest BCUT2D eigenvalue weighted by Gasteiger charge is 2.31. The molecule has 1 saturated heterocycles. The first-order chi connectivity index (χ1) is 13.3. The van der Waals surface area contributed by atoms with Crippen LogP contribution in [-0.4, -0.2) is 37.2 Å². The van der Waals surface area contributed by atoms with Gasteiger partial charge in [0.25, 0.3) is 5.24 Å². The zero-order valence-electron chi connectivity index (χ0n) is 15.4. The number of imide groups is 1. The monoisotopic (exact) mass is 419 g/mol. The normalized spacial score (nSPS) is 16.8. The summed E-state index contributed by atoms with van der Waals surface area (Å²) in [5.41, 5.74) is 1.95. The molecule has 3 rings (SSSR count). The van der Waals surface area contributed by atoms with Crippen molar-refractivity contribution in [2.24, 2.45) is 0 Å². The number of nitrogens with one attached hydrogen (secondary N) is 1. The molecule has 1 aliphatic heterocycles. The molecule has 1 unspecified atom stereocenters. The summed E-state index contributed by atoms with van der Waals surface area (Å²) in [6.07, 6.45) is 0.857. The van der Waals surface area contributed by atoms with Crippen molar-refractivity contribution in [3.63, 3.8) is 0 Å². The smallest absolute Gasteiger partial charge is 0.286 e. The number of aryl methyl sites for hydroxylation is 1. The van der Waals surface area contributed by atoms with Crippen molar-refractivity contribution in [2.75, 3.05) is 12.4 Å². The van der Waals surface area contributed by atoms with Crippen LogP contribution in [0, 0.1) is 6.92 Å². The molecule has 0 saturated carbocycles. The van der Waals surface area contributed by atoms with Crippen LogP contribution in [-0.2, 0) is 21.1 Å². The average Bonchev–Trinajstić information content (AvgIpc) is 2.97. The van der Waals surface area contributed by atoms with Crippen LogP contribution < -0.4 is 10.1 Å². The summed E-state index contributed by atoms with van der Waals surface area (Å²) in [5.74, 6) is 0.400. The molecule has 1 heterocycles. The van der Waals surface area contributed by atoms with Gasteiger partial charge in [0.2, 0.25) is 5.91 Å². The molecule has 0 aromatic heterocycles. The van der Waals surface area contributed by atoms with E-state index in [-0.39, 0.29) is 16.9 Å². The highest BCUT2D eigenvalue weighted by Crippen LogP contribution is 2.24. The molecule has 2 aromatic rings. The molecule has 1 fully saturated rings. The first kappa shape index (κ1) is 20.4. The minimum atomic E-state index is -3.31. The Kier molecular flexibility index (Phi) is 6.41. The van der Waals surface area contributed by atoms with Crippen molar-refractivity contribution < 1.29 is 22.7 Å². The molecule has 1 atom stereocenters. The van der Waals surface area contributed by atoms with Crippen LogP contribution in [0.15, 0.2) is 53.4 Å². The molecule has 0 aliphatic carbocycles. The number of carbonyl (C=O) groups is 2. The Morgan fingerprint density at radius 3 is 2.32 bits per heavy atom. The number of amides is 2. The predicted molar refractivity (Wildman–Crippen MR) is 108 cm³/mol. The van der Waals surface area contributed by atoms with Crippen molar-refractivity contribution in [1.29, 1.82) is 0 Å². The maximum absolute atomic E-state index is 12.3. The zero-order chi connectivity index (χ0) is 20.1. The Morgan fingerprint density at radius 2 is 1.71 bits per heavy atom. The first-order valence-corrected chi connectivity index (χ1v) is 11.4. The molecule has 148 valence electrons. The fraction of sp³-hybridized carbons (Fsp3) is 0.300. The molecular formula is C20H21NO5S2. The highest BCUT2D eigenvalue weighted by atomic mass is 32.2. The highest BCUT2D eigenvalue weighted by molar-refractivity contribution is 8.15. The fourth-order valence-corrected chi connectivity index (χ4v) is 4.91. The van der Waals surface area contributed by atoms with Crippen LogP contribution in [0.5, 0.6) is 5.75 Å². The third kappa shape index (κ3) is 5.36. The minimum absolute atomic E-state index is 0.0240. The van der Waals surface area contributed by atoms with Gasteiger partial charge in [0.15, 0.2) is 9.84 Å². The van der Waals surface area contributed by atoms with Gasteiger partial charge in [-0.1, -0.05) is 41.6 Å². The van der Waals surface area contributed by atoms with Crippen molar-refractivity contribution in [1.82, 2.24) is 5.32 Å². The topological polar surface area (TPSA) is 89.5 Å². The van der Waals surface area contributed by atoms with Crippen LogP contribution >= 0.6 is 11.8 Å². The van der Waals surface area contributed by atoms with Crippen LogP contribution in [0.1, 0.15) is 17.5 Å². The van der Waals surface area contributed by atoms with Gasteiger partial charge in [-0.25, -0.2) is 8.42 Å². The third-order valence-electron chi connectivity index (χ3n) is 4.32. The summed E-state index contributed by atoms with van der Waals surface area (Å²) >= 11 is 1.00. The van der Waals surface area contributed by atoms with Gasteiger partial charge in [0.05, 0.1) is 22.5 Å². The number of hydrogen-bond acceptors (Lipinski definition) is 6. The number of rotatable bonds is 8. The second kappa shape index (κ2) is 8.79. The Morgan fingerprint density at radius 1 is 1.04 bits per heavy atom. The largest absolute Gasteiger partial charge is 0.494 e. The quantitative estimate of drug-likeness (QED) is 0.661. The van der Waals surface area contributed by atoms with E-state index >= 15 is 0 Å². The summed E-state index contributed by atoms with van der Waals surface area (Å²) in [6, 6.07) is 14.1. The first-order valence-electron chi connectivity index (χ1n) is 8.86. The van der Waals surface area contributed by atoms with Gasteiger partial charge in [-0.05, 0) is 49.6 Å². The van der Waals surface area contributed by atoms with Crippen LogP contribution in [0.2, 0.25) is 0 Å². The average molecular weight is 420 g/mol. The molecule has 0 spiro atoms. The number of sulfone groups is 1. The number of benzene rings is 2. The second-order valence-corrected chi connectivity index (χ2v) is 9.85. The van der Waals surface area contributed by atoms with Crippen LogP contribution in [0.4, 0.5) is 4.79 Å². The maximum atomic E-state index is 12.3. The van der Waals surface area contributed by atoms with Gasteiger partial charge in [0.1, 0.15) is 5.75 Å². The van der Waals surface area contributed by atoms with E-state index in [2.05, 4.69) is 5.32 Å². The Bertz CT molecular complexity index is 953. The molecule has 8 heteroatoms. The van der Waals surface area contributed by atoms with Gasteiger partial charge in [-0.3, -0.25) is 14.9 Å². The van der Waals surface area contributed by atoms with Crippen molar-refractivity contribution in [3.8, 4) is 5.75 Å². The molecule has 6 nitrogen and oxygen atoms in total. The fourth-order valence-electron chi connectivity index (χ4n) is 2.77. The molecule has 1 N–H and O–H groups in total.